The van der Waals surface area contributed by atoms with E-state index in [2.05, 4.69) is 23.9 Å². The molecule has 0 aliphatic rings. The van der Waals surface area contributed by atoms with E-state index in [1.165, 1.54) is 0 Å². The Morgan fingerprint density at radius 3 is 2.75 bits per heavy atom. The lowest BCUT2D eigenvalue weighted by Crippen LogP contribution is -2.18. The van der Waals surface area contributed by atoms with Crippen LogP contribution in [0.1, 0.15) is 36.8 Å². The highest BCUT2D eigenvalue weighted by Crippen LogP contribution is 2.22. The summed E-state index contributed by atoms with van der Waals surface area (Å²) in [5, 5.41) is 5.01. The summed E-state index contributed by atoms with van der Waals surface area (Å²) in [5.74, 6) is 1.45. The molecule has 5 heteroatoms. The Labute approximate surface area is 125 Å². The van der Waals surface area contributed by atoms with Gasteiger partial charge in [0.05, 0.1) is 0 Å². The maximum Gasteiger partial charge on any atom is 0.138 e. The van der Waals surface area contributed by atoms with E-state index in [0.717, 1.165) is 28.5 Å². The van der Waals surface area contributed by atoms with Crippen LogP contribution < -0.4 is 5.73 Å². The molecule has 108 valence electrons. The summed E-state index contributed by atoms with van der Waals surface area (Å²) >= 11 is 6.15. The van der Waals surface area contributed by atoms with Crippen LogP contribution in [0.4, 0.5) is 0 Å². The average molecular weight is 293 g/mol. The van der Waals surface area contributed by atoms with Gasteiger partial charge in [-0.1, -0.05) is 37.6 Å². The summed E-state index contributed by atoms with van der Waals surface area (Å²) in [6, 6.07) is 5.83. The second kappa shape index (κ2) is 6.37. The Balaban J connectivity index is 2.13. The van der Waals surface area contributed by atoms with Crippen LogP contribution in [0, 0.1) is 12.8 Å². The van der Waals surface area contributed by atoms with Crippen LogP contribution in [0.5, 0.6) is 0 Å². The van der Waals surface area contributed by atoms with Crippen molar-refractivity contribution in [2.24, 2.45) is 11.7 Å². The van der Waals surface area contributed by atoms with Crippen molar-refractivity contribution in [3.63, 3.8) is 0 Å². The molecular formula is C15H21ClN4. The molecule has 0 aliphatic heterocycles. The SMILES string of the molecule is Cc1ccc(C(N)Cc2ncnn2CC(C)C)cc1Cl. The van der Waals surface area contributed by atoms with Crippen molar-refractivity contribution in [2.75, 3.05) is 0 Å². The number of nitrogens with zero attached hydrogens (tertiary/aromatic N) is 3. The Kier molecular flexibility index (Phi) is 4.78. The molecule has 4 nitrogen and oxygen atoms in total. The van der Waals surface area contributed by atoms with Crippen molar-refractivity contribution in [1.29, 1.82) is 0 Å². The van der Waals surface area contributed by atoms with Crippen molar-refractivity contribution in [3.8, 4) is 0 Å². The van der Waals surface area contributed by atoms with Gasteiger partial charge in [0.1, 0.15) is 12.2 Å². The maximum atomic E-state index is 6.27. The largest absolute Gasteiger partial charge is 0.324 e. The minimum atomic E-state index is -0.122. The second-order valence-electron chi connectivity index (χ2n) is 5.57. The topological polar surface area (TPSA) is 56.7 Å². The first-order valence-electron chi connectivity index (χ1n) is 6.85. The van der Waals surface area contributed by atoms with Gasteiger partial charge in [-0.15, -0.1) is 0 Å². The Morgan fingerprint density at radius 2 is 2.10 bits per heavy atom. The molecule has 0 saturated carbocycles. The summed E-state index contributed by atoms with van der Waals surface area (Å²) in [5.41, 5.74) is 8.35. The van der Waals surface area contributed by atoms with Crippen molar-refractivity contribution in [2.45, 2.75) is 39.8 Å². The van der Waals surface area contributed by atoms with E-state index in [4.69, 9.17) is 17.3 Å². The fourth-order valence-corrected chi connectivity index (χ4v) is 2.29. The van der Waals surface area contributed by atoms with Gasteiger partial charge in [0.15, 0.2) is 0 Å². The Morgan fingerprint density at radius 1 is 1.35 bits per heavy atom. The van der Waals surface area contributed by atoms with Crippen LogP contribution in [0.2, 0.25) is 5.02 Å². The number of hydrogen-bond donors (Lipinski definition) is 1. The van der Waals surface area contributed by atoms with Crippen LogP contribution in [0.25, 0.3) is 0 Å². The predicted molar refractivity (Wildman–Crippen MR) is 81.7 cm³/mol. The van der Waals surface area contributed by atoms with Gasteiger partial charge < -0.3 is 5.73 Å². The van der Waals surface area contributed by atoms with Gasteiger partial charge in [-0.05, 0) is 30.0 Å². The monoisotopic (exact) mass is 292 g/mol. The molecule has 1 unspecified atom stereocenters. The lowest BCUT2D eigenvalue weighted by Gasteiger charge is -2.14. The number of hydrogen-bond acceptors (Lipinski definition) is 3. The summed E-state index contributed by atoms with van der Waals surface area (Å²) in [6.45, 7) is 7.16. The molecule has 0 spiro atoms. The number of halogens is 1. The normalized spacial score (nSPS) is 12.9. The maximum absolute atomic E-state index is 6.27. The van der Waals surface area contributed by atoms with Crippen molar-refractivity contribution in [3.05, 3.63) is 46.5 Å². The first-order valence-corrected chi connectivity index (χ1v) is 7.23. The molecule has 1 aromatic carbocycles. The summed E-state index contributed by atoms with van der Waals surface area (Å²) in [4.78, 5) is 4.31. The second-order valence-corrected chi connectivity index (χ2v) is 5.98. The van der Waals surface area contributed by atoms with Gasteiger partial charge >= 0.3 is 0 Å². The Hall–Kier alpha value is -1.39. The molecule has 0 fully saturated rings. The molecule has 1 atom stereocenters. The molecule has 0 aliphatic carbocycles. The summed E-state index contributed by atoms with van der Waals surface area (Å²) in [7, 11) is 0. The van der Waals surface area contributed by atoms with E-state index in [-0.39, 0.29) is 6.04 Å². The van der Waals surface area contributed by atoms with Crippen LogP contribution >= 0.6 is 11.6 Å². The zero-order chi connectivity index (χ0) is 14.7. The highest BCUT2D eigenvalue weighted by Gasteiger charge is 2.13. The van der Waals surface area contributed by atoms with Gasteiger partial charge in [0.2, 0.25) is 0 Å². The zero-order valence-electron chi connectivity index (χ0n) is 12.2. The summed E-state index contributed by atoms with van der Waals surface area (Å²) in [6.07, 6.45) is 2.25. The smallest absolute Gasteiger partial charge is 0.138 e. The number of aryl methyl sites for hydroxylation is 1. The van der Waals surface area contributed by atoms with Gasteiger partial charge in [0, 0.05) is 24.0 Å². The van der Waals surface area contributed by atoms with E-state index >= 15 is 0 Å². The molecule has 2 rings (SSSR count). The fraction of sp³-hybridized carbons (Fsp3) is 0.467. The minimum absolute atomic E-state index is 0.122. The molecule has 1 heterocycles. The molecule has 0 amide bonds. The van der Waals surface area contributed by atoms with Gasteiger partial charge in [-0.2, -0.15) is 5.10 Å². The van der Waals surface area contributed by atoms with E-state index < -0.39 is 0 Å². The van der Waals surface area contributed by atoms with Crippen molar-refractivity contribution < 1.29 is 0 Å². The van der Waals surface area contributed by atoms with E-state index in [9.17, 15) is 0 Å². The van der Waals surface area contributed by atoms with Gasteiger partial charge in [-0.3, -0.25) is 0 Å². The molecule has 1 aromatic heterocycles. The van der Waals surface area contributed by atoms with Gasteiger partial charge in [-0.25, -0.2) is 9.67 Å². The summed E-state index contributed by atoms with van der Waals surface area (Å²) < 4.78 is 1.93. The first kappa shape index (κ1) is 15.0. The van der Waals surface area contributed by atoms with Crippen LogP contribution in [-0.2, 0) is 13.0 Å². The zero-order valence-corrected chi connectivity index (χ0v) is 12.9. The average Bonchev–Trinajstić information content (AvgIpc) is 2.79. The standard InChI is InChI=1S/C15H21ClN4/c1-10(2)8-20-15(18-9-19-20)7-14(17)12-5-4-11(3)13(16)6-12/h4-6,9-10,14H,7-8,17H2,1-3H3. The Bertz CT molecular complexity index is 577. The molecule has 20 heavy (non-hydrogen) atoms. The highest BCUT2D eigenvalue weighted by molar-refractivity contribution is 6.31. The van der Waals surface area contributed by atoms with Crippen LogP contribution in [0.15, 0.2) is 24.5 Å². The van der Waals surface area contributed by atoms with E-state index in [0.29, 0.717) is 12.3 Å². The third-order valence-electron chi connectivity index (χ3n) is 3.26. The number of aromatic nitrogens is 3. The fourth-order valence-electron chi connectivity index (χ4n) is 2.10. The third-order valence-corrected chi connectivity index (χ3v) is 3.67. The lowest BCUT2D eigenvalue weighted by molar-refractivity contribution is 0.459. The molecular weight excluding hydrogens is 272 g/mol. The van der Waals surface area contributed by atoms with Gasteiger partial charge in [0.25, 0.3) is 0 Å². The predicted octanol–water partition coefficient (Wildman–Crippen LogP) is 3.14. The van der Waals surface area contributed by atoms with Crippen LogP contribution in [-0.4, -0.2) is 14.8 Å². The highest BCUT2D eigenvalue weighted by atomic mass is 35.5. The number of rotatable bonds is 5. The third kappa shape index (κ3) is 3.58. The molecule has 0 bridgehead atoms. The molecule has 0 radical (unpaired) electrons. The van der Waals surface area contributed by atoms with Crippen molar-refractivity contribution in [1.82, 2.24) is 14.8 Å². The van der Waals surface area contributed by atoms with E-state index in [1.807, 2.05) is 29.8 Å². The number of benzene rings is 1. The quantitative estimate of drug-likeness (QED) is 0.921. The minimum Gasteiger partial charge on any atom is -0.324 e. The number of nitrogens with two attached hydrogens (primary N) is 1. The first-order chi connectivity index (χ1) is 9.47. The van der Waals surface area contributed by atoms with E-state index in [1.54, 1.807) is 6.33 Å². The lowest BCUT2D eigenvalue weighted by atomic mass is 10.0. The van der Waals surface area contributed by atoms with Crippen LogP contribution in [0.3, 0.4) is 0 Å². The molecule has 2 N–H and O–H groups in total. The van der Waals surface area contributed by atoms with Crippen molar-refractivity contribution >= 4 is 11.6 Å². The molecule has 2 aromatic rings. The molecule has 0 saturated heterocycles.